The van der Waals surface area contributed by atoms with Crippen LogP contribution in [0.25, 0.3) is 0 Å². The highest BCUT2D eigenvalue weighted by molar-refractivity contribution is 5.94. The first-order valence-corrected chi connectivity index (χ1v) is 8.63. The van der Waals surface area contributed by atoms with E-state index in [1.807, 2.05) is 0 Å². The minimum Gasteiger partial charge on any atom is -0.495 e. The van der Waals surface area contributed by atoms with Gasteiger partial charge in [-0.1, -0.05) is 13.8 Å². The summed E-state index contributed by atoms with van der Waals surface area (Å²) in [5, 5.41) is 5.60. The van der Waals surface area contributed by atoms with Gasteiger partial charge >= 0.3 is 6.03 Å². The summed E-state index contributed by atoms with van der Waals surface area (Å²) < 4.78 is 5.30. The maximum atomic E-state index is 12.6. The molecule has 1 aromatic carbocycles. The van der Waals surface area contributed by atoms with E-state index >= 15 is 0 Å². The number of amides is 3. The molecule has 0 unspecified atom stereocenters. The van der Waals surface area contributed by atoms with Gasteiger partial charge in [0.05, 0.1) is 12.8 Å². The summed E-state index contributed by atoms with van der Waals surface area (Å²) in [7, 11) is 1.55. The average Bonchev–Trinajstić information content (AvgIpc) is 2.54. The SMILES string of the molecule is COc1ccc(NC(C)=O)cc1NC(=O)N1CCN(CC(C)C)CC1. The molecule has 0 spiro atoms. The summed E-state index contributed by atoms with van der Waals surface area (Å²) in [6.07, 6.45) is 0. The summed E-state index contributed by atoms with van der Waals surface area (Å²) in [6.45, 7) is 10.1. The molecule has 0 bridgehead atoms. The van der Waals surface area contributed by atoms with E-state index < -0.39 is 0 Å². The molecule has 0 atom stereocenters. The molecule has 7 heteroatoms. The lowest BCUT2D eigenvalue weighted by Gasteiger charge is -2.35. The predicted octanol–water partition coefficient (Wildman–Crippen LogP) is 2.46. The van der Waals surface area contributed by atoms with Crippen LogP contribution in [0.1, 0.15) is 20.8 Å². The molecule has 1 aliphatic rings. The number of anilines is 2. The molecule has 2 N–H and O–H groups in total. The molecule has 0 aromatic heterocycles. The molecular formula is C18H28N4O3. The maximum absolute atomic E-state index is 12.6. The minimum absolute atomic E-state index is 0.150. The Morgan fingerprint density at radius 3 is 2.40 bits per heavy atom. The van der Waals surface area contributed by atoms with Crippen molar-refractivity contribution in [2.24, 2.45) is 5.92 Å². The van der Waals surface area contributed by atoms with Crippen LogP contribution in [0.15, 0.2) is 18.2 Å². The van der Waals surface area contributed by atoms with E-state index in [0.29, 0.717) is 36.1 Å². The van der Waals surface area contributed by atoms with Gasteiger partial charge in [0.2, 0.25) is 5.91 Å². The largest absolute Gasteiger partial charge is 0.495 e. The number of ether oxygens (including phenoxy) is 1. The molecule has 1 fully saturated rings. The number of benzene rings is 1. The van der Waals surface area contributed by atoms with Crippen molar-refractivity contribution < 1.29 is 14.3 Å². The highest BCUT2D eigenvalue weighted by Crippen LogP contribution is 2.28. The Kier molecular flexibility index (Phi) is 6.64. The molecule has 2 rings (SSSR count). The molecule has 25 heavy (non-hydrogen) atoms. The van der Waals surface area contributed by atoms with Crippen molar-refractivity contribution in [1.82, 2.24) is 9.80 Å². The van der Waals surface area contributed by atoms with E-state index in [2.05, 4.69) is 29.4 Å². The number of carbonyl (C=O) groups excluding carboxylic acids is 2. The molecule has 1 aromatic rings. The predicted molar refractivity (Wildman–Crippen MR) is 99.2 cm³/mol. The first-order valence-electron chi connectivity index (χ1n) is 8.63. The van der Waals surface area contributed by atoms with Gasteiger partial charge in [-0.2, -0.15) is 0 Å². The fourth-order valence-corrected chi connectivity index (χ4v) is 2.93. The van der Waals surface area contributed by atoms with E-state index in [4.69, 9.17) is 4.74 Å². The second kappa shape index (κ2) is 8.71. The molecule has 3 amide bonds. The topological polar surface area (TPSA) is 73.9 Å². The second-order valence-corrected chi connectivity index (χ2v) is 6.71. The Morgan fingerprint density at radius 1 is 1.16 bits per heavy atom. The van der Waals surface area contributed by atoms with E-state index in [1.54, 1.807) is 30.2 Å². The van der Waals surface area contributed by atoms with E-state index in [1.165, 1.54) is 6.92 Å². The van der Waals surface area contributed by atoms with Crippen LogP contribution in [0, 0.1) is 5.92 Å². The standard InChI is InChI=1S/C18H28N4O3/c1-13(2)12-21-7-9-22(10-8-21)18(24)20-16-11-15(19-14(3)23)5-6-17(16)25-4/h5-6,11,13H,7-10,12H2,1-4H3,(H,19,23)(H,20,24). The van der Waals surface area contributed by atoms with Crippen molar-refractivity contribution in [2.75, 3.05) is 50.5 Å². The Hall–Kier alpha value is -2.28. The molecule has 0 radical (unpaired) electrons. The van der Waals surface area contributed by atoms with Crippen molar-refractivity contribution >= 4 is 23.3 Å². The molecule has 1 heterocycles. The van der Waals surface area contributed by atoms with E-state index in [-0.39, 0.29) is 11.9 Å². The second-order valence-electron chi connectivity index (χ2n) is 6.71. The van der Waals surface area contributed by atoms with Gasteiger partial charge in [-0.25, -0.2) is 4.79 Å². The number of nitrogens with one attached hydrogen (secondary N) is 2. The molecular weight excluding hydrogens is 320 g/mol. The quantitative estimate of drug-likeness (QED) is 0.857. The third-order valence-electron chi connectivity index (χ3n) is 4.04. The monoisotopic (exact) mass is 348 g/mol. The normalized spacial score (nSPS) is 15.2. The number of hydrogen-bond acceptors (Lipinski definition) is 4. The number of methoxy groups -OCH3 is 1. The van der Waals surface area contributed by atoms with Gasteiger partial charge in [0.1, 0.15) is 5.75 Å². The lowest BCUT2D eigenvalue weighted by Crippen LogP contribution is -2.50. The van der Waals surface area contributed by atoms with Crippen molar-refractivity contribution in [3.63, 3.8) is 0 Å². The van der Waals surface area contributed by atoms with Gasteiger partial charge in [0.15, 0.2) is 0 Å². The maximum Gasteiger partial charge on any atom is 0.322 e. The first-order chi connectivity index (χ1) is 11.9. The average molecular weight is 348 g/mol. The van der Waals surface area contributed by atoms with Gasteiger partial charge in [-0.15, -0.1) is 0 Å². The van der Waals surface area contributed by atoms with Gasteiger partial charge in [-0.3, -0.25) is 9.69 Å². The van der Waals surface area contributed by atoms with Crippen LogP contribution in [0.5, 0.6) is 5.75 Å². The third kappa shape index (κ3) is 5.63. The Morgan fingerprint density at radius 2 is 1.84 bits per heavy atom. The highest BCUT2D eigenvalue weighted by atomic mass is 16.5. The molecule has 7 nitrogen and oxygen atoms in total. The fraction of sp³-hybridized carbons (Fsp3) is 0.556. The van der Waals surface area contributed by atoms with E-state index in [9.17, 15) is 9.59 Å². The number of piperazine rings is 1. The summed E-state index contributed by atoms with van der Waals surface area (Å²) >= 11 is 0. The molecule has 0 saturated carbocycles. The van der Waals surface area contributed by atoms with Crippen molar-refractivity contribution in [3.05, 3.63) is 18.2 Å². The zero-order valence-corrected chi connectivity index (χ0v) is 15.5. The Balaban J connectivity index is 1.99. The zero-order chi connectivity index (χ0) is 18.4. The lowest BCUT2D eigenvalue weighted by atomic mass is 10.2. The number of urea groups is 1. The first kappa shape index (κ1) is 19.1. The molecule has 0 aliphatic carbocycles. The van der Waals surface area contributed by atoms with Crippen molar-refractivity contribution in [2.45, 2.75) is 20.8 Å². The van der Waals surface area contributed by atoms with Crippen LogP contribution in [0.4, 0.5) is 16.2 Å². The van der Waals surface area contributed by atoms with Gasteiger partial charge in [-0.05, 0) is 24.1 Å². The molecule has 1 saturated heterocycles. The van der Waals surface area contributed by atoms with Crippen LogP contribution < -0.4 is 15.4 Å². The summed E-state index contributed by atoms with van der Waals surface area (Å²) in [4.78, 5) is 28.0. The molecule has 138 valence electrons. The zero-order valence-electron chi connectivity index (χ0n) is 15.5. The van der Waals surface area contributed by atoms with Crippen LogP contribution >= 0.6 is 0 Å². The van der Waals surface area contributed by atoms with Gasteiger partial charge in [0, 0.05) is 45.3 Å². The van der Waals surface area contributed by atoms with Crippen LogP contribution in [0.2, 0.25) is 0 Å². The third-order valence-corrected chi connectivity index (χ3v) is 4.04. The summed E-state index contributed by atoms with van der Waals surface area (Å²) in [6, 6.07) is 5.01. The number of hydrogen-bond donors (Lipinski definition) is 2. The van der Waals surface area contributed by atoms with Crippen LogP contribution in [0.3, 0.4) is 0 Å². The van der Waals surface area contributed by atoms with Crippen LogP contribution in [-0.2, 0) is 4.79 Å². The Bertz CT molecular complexity index is 610. The van der Waals surface area contributed by atoms with Crippen molar-refractivity contribution in [3.8, 4) is 5.75 Å². The summed E-state index contributed by atoms with van der Waals surface area (Å²) in [5.74, 6) is 1.02. The van der Waals surface area contributed by atoms with E-state index in [0.717, 1.165) is 19.6 Å². The summed E-state index contributed by atoms with van der Waals surface area (Å²) in [5.41, 5.74) is 1.16. The van der Waals surface area contributed by atoms with Crippen molar-refractivity contribution in [1.29, 1.82) is 0 Å². The Labute approximate surface area is 149 Å². The number of rotatable bonds is 5. The fourth-order valence-electron chi connectivity index (χ4n) is 2.93. The smallest absolute Gasteiger partial charge is 0.322 e. The molecule has 1 aliphatic heterocycles. The van der Waals surface area contributed by atoms with Gasteiger partial charge in [0.25, 0.3) is 0 Å². The lowest BCUT2D eigenvalue weighted by molar-refractivity contribution is -0.114. The minimum atomic E-state index is -0.163. The van der Waals surface area contributed by atoms with Crippen LogP contribution in [-0.4, -0.2) is 61.6 Å². The van der Waals surface area contributed by atoms with Gasteiger partial charge < -0.3 is 20.3 Å². The highest BCUT2D eigenvalue weighted by Gasteiger charge is 2.22. The number of nitrogens with zero attached hydrogens (tertiary/aromatic N) is 2. The number of carbonyl (C=O) groups is 2.